The Morgan fingerprint density at radius 3 is 2.44 bits per heavy atom. The first-order chi connectivity index (χ1) is 7.33. The first-order valence-corrected chi connectivity index (χ1v) is 7.06. The molecule has 92 valence electrons. The van der Waals surface area contributed by atoms with E-state index in [0.29, 0.717) is 16.7 Å². The zero-order valence-corrected chi connectivity index (χ0v) is 11.2. The second kappa shape index (κ2) is 2.85. The van der Waals surface area contributed by atoms with Gasteiger partial charge in [0.2, 0.25) is 0 Å². The van der Waals surface area contributed by atoms with Crippen molar-refractivity contribution >= 4 is 0 Å². The van der Waals surface area contributed by atoms with Crippen molar-refractivity contribution in [3.63, 3.8) is 0 Å². The molecule has 6 atom stereocenters. The fourth-order valence-corrected chi connectivity index (χ4v) is 6.17. The van der Waals surface area contributed by atoms with Crippen LogP contribution >= 0.6 is 0 Å². The Bertz CT molecular complexity index is 321. The minimum atomic E-state index is -0.419. The topological polar surface area (TPSA) is 20.2 Å². The number of hydrogen-bond donors (Lipinski definition) is 1. The largest absolute Gasteiger partial charge is 0.390 e. The van der Waals surface area contributed by atoms with Gasteiger partial charge in [-0.3, -0.25) is 0 Å². The molecule has 0 unspecified atom stereocenters. The number of hydrogen-bond acceptors (Lipinski definition) is 1. The van der Waals surface area contributed by atoms with E-state index in [1.54, 1.807) is 0 Å². The lowest BCUT2D eigenvalue weighted by molar-refractivity contribution is -0.0179. The quantitative estimate of drug-likeness (QED) is 0.664. The van der Waals surface area contributed by atoms with E-state index in [9.17, 15) is 5.11 Å². The van der Waals surface area contributed by atoms with Gasteiger partial charge in [-0.25, -0.2) is 0 Å². The van der Waals surface area contributed by atoms with Gasteiger partial charge in [-0.1, -0.05) is 20.8 Å². The summed E-state index contributed by atoms with van der Waals surface area (Å²) in [7, 11) is 0. The Morgan fingerprint density at radius 2 is 1.75 bits per heavy atom. The third kappa shape index (κ3) is 0.978. The van der Waals surface area contributed by atoms with Gasteiger partial charge in [0.05, 0.1) is 5.60 Å². The minimum Gasteiger partial charge on any atom is -0.390 e. The summed E-state index contributed by atoms with van der Waals surface area (Å²) < 4.78 is 0. The maximum absolute atomic E-state index is 10.7. The van der Waals surface area contributed by atoms with Crippen LogP contribution in [0.3, 0.4) is 0 Å². The summed E-state index contributed by atoms with van der Waals surface area (Å²) in [5.74, 6) is 2.27. The molecule has 0 radical (unpaired) electrons. The van der Waals surface area contributed by atoms with Crippen molar-refractivity contribution in [1.82, 2.24) is 0 Å². The normalized spacial score (nSPS) is 64.7. The fourth-order valence-electron chi connectivity index (χ4n) is 6.17. The van der Waals surface area contributed by atoms with Crippen molar-refractivity contribution in [2.24, 2.45) is 28.6 Å². The molecule has 1 N–H and O–H groups in total. The lowest BCUT2D eigenvalue weighted by atomic mass is 9.62. The second-order valence-corrected chi connectivity index (χ2v) is 7.52. The molecule has 3 aliphatic carbocycles. The smallest absolute Gasteiger partial charge is 0.0656 e. The van der Waals surface area contributed by atoms with Gasteiger partial charge in [-0.2, -0.15) is 0 Å². The van der Waals surface area contributed by atoms with E-state index < -0.39 is 5.60 Å². The van der Waals surface area contributed by atoms with E-state index in [4.69, 9.17) is 0 Å². The van der Waals surface area contributed by atoms with Crippen molar-refractivity contribution in [2.75, 3.05) is 0 Å². The molecule has 1 spiro atoms. The predicted molar refractivity (Wildman–Crippen MR) is 66.1 cm³/mol. The van der Waals surface area contributed by atoms with E-state index >= 15 is 0 Å². The van der Waals surface area contributed by atoms with Crippen molar-refractivity contribution in [2.45, 2.75) is 65.4 Å². The van der Waals surface area contributed by atoms with Gasteiger partial charge in [-0.15, -0.1) is 0 Å². The molecule has 3 fully saturated rings. The van der Waals surface area contributed by atoms with E-state index in [2.05, 4.69) is 27.7 Å². The van der Waals surface area contributed by atoms with Crippen molar-refractivity contribution in [3.8, 4) is 0 Å². The van der Waals surface area contributed by atoms with Gasteiger partial charge in [0, 0.05) is 0 Å². The van der Waals surface area contributed by atoms with Crippen LogP contribution in [0.5, 0.6) is 0 Å². The van der Waals surface area contributed by atoms with E-state index in [1.165, 1.54) is 25.7 Å². The summed E-state index contributed by atoms with van der Waals surface area (Å²) in [6.45, 7) is 9.30. The molecule has 0 saturated heterocycles. The Balaban J connectivity index is 2.10. The van der Waals surface area contributed by atoms with E-state index in [1.807, 2.05) is 0 Å². The highest BCUT2D eigenvalue weighted by molar-refractivity contribution is 5.20. The Kier molecular flexibility index (Phi) is 1.98. The number of aliphatic hydroxyl groups is 1. The molecule has 0 bridgehead atoms. The molecule has 3 saturated carbocycles. The highest BCUT2D eigenvalue weighted by atomic mass is 16.3. The zero-order chi connectivity index (χ0) is 11.8. The van der Waals surface area contributed by atoms with Crippen LogP contribution in [0.25, 0.3) is 0 Å². The molecule has 0 amide bonds. The first-order valence-electron chi connectivity index (χ1n) is 7.06. The molecular formula is C15H26O. The molecule has 0 aromatic heterocycles. The SMILES string of the molecule is C[C@@H]1CC[C@]23[C@H]1CC[C@@]2(C)C[C@@](C)(O)[C@H]3C. The molecule has 3 rings (SSSR count). The third-order valence-electron chi connectivity index (χ3n) is 6.95. The first kappa shape index (κ1) is 11.1. The second-order valence-electron chi connectivity index (χ2n) is 7.52. The lowest BCUT2D eigenvalue weighted by Crippen LogP contribution is -2.40. The highest BCUT2D eigenvalue weighted by Gasteiger charge is 2.71. The molecule has 0 aromatic rings. The summed E-state index contributed by atoms with van der Waals surface area (Å²) in [5.41, 5.74) is 0.471. The monoisotopic (exact) mass is 222 g/mol. The van der Waals surface area contributed by atoms with E-state index in [-0.39, 0.29) is 0 Å². The van der Waals surface area contributed by atoms with Crippen LogP contribution in [-0.2, 0) is 0 Å². The predicted octanol–water partition coefficient (Wildman–Crippen LogP) is 3.61. The molecular weight excluding hydrogens is 196 g/mol. The summed E-state index contributed by atoms with van der Waals surface area (Å²) in [6.07, 6.45) is 6.55. The third-order valence-corrected chi connectivity index (χ3v) is 6.95. The van der Waals surface area contributed by atoms with Crippen LogP contribution in [0.15, 0.2) is 0 Å². The van der Waals surface area contributed by atoms with E-state index in [0.717, 1.165) is 18.3 Å². The molecule has 1 heteroatoms. The van der Waals surface area contributed by atoms with Gasteiger partial charge in [0.15, 0.2) is 0 Å². The maximum Gasteiger partial charge on any atom is 0.0656 e. The molecule has 16 heavy (non-hydrogen) atoms. The summed E-state index contributed by atoms with van der Waals surface area (Å²) >= 11 is 0. The molecule has 0 heterocycles. The average Bonchev–Trinajstić information content (AvgIpc) is 2.68. The average molecular weight is 222 g/mol. The standard InChI is InChI=1S/C15H26O/c1-10-5-8-15-11(2)14(4,16)9-13(15,3)7-6-12(10)15/h10-12,16H,5-9H2,1-4H3/t10-,11-,12+,13+,14-,15+/m1/s1. The summed E-state index contributed by atoms with van der Waals surface area (Å²) in [5, 5.41) is 10.7. The maximum atomic E-state index is 10.7. The van der Waals surface area contributed by atoms with Gasteiger partial charge in [-0.05, 0) is 67.6 Å². The van der Waals surface area contributed by atoms with Crippen LogP contribution in [0.4, 0.5) is 0 Å². The molecule has 3 aliphatic rings. The minimum absolute atomic E-state index is 0.419. The van der Waals surface area contributed by atoms with Crippen molar-refractivity contribution < 1.29 is 5.11 Å². The highest BCUT2D eigenvalue weighted by Crippen LogP contribution is 2.76. The van der Waals surface area contributed by atoms with Gasteiger partial charge < -0.3 is 5.11 Å². The summed E-state index contributed by atoms with van der Waals surface area (Å²) in [4.78, 5) is 0. The van der Waals surface area contributed by atoms with Crippen LogP contribution in [0.2, 0.25) is 0 Å². The Hall–Kier alpha value is -0.0400. The van der Waals surface area contributed by atoms with Crippen LogP contribution in [-0.4, -0.2) is 10.7 Å². The summed E-state index contributed by atoms with van der Waals surface area (Å²) in [6, 6.07) is 0. The fraction of sp³-hybridized carbons (Fsp3) is 1.00. The Morgan fingerprint density at radius 1 is 1.06 bits per heavy atom. The molecule has 1 nitrogen and oxygen atoms in total. The van der Waals surface area contributed by atoms with Gasteiger partial charge >= 0.3 is 0 Å². The van der Waals surface area contributed by atoms with Crippen molar-refractivity contribution in [3.05, 3.63) is 0 Å². The lowest BCUT2D eigenvalue weighted by Gasteiger charge is -2.42. The Labute approximate surface area is 99.6 Å². The zero-order valence-electron chi connectivity index (χ0n) is 11.2. The van der Waals surface area contributed by atoms with Crippen LogP contribution < -0.4 is 0 Å². The van der Waals surface area contributed by atoms with Crippen molar-refractivity contribution in [1.29, 1.82) is 0 Å². The molecule has 0 aliphatic heterocycles. The van der Waals surface area contributed by atoms with Crippen LogP contribution in [0, 0.1) is 28.6 Å². The van der Waals surface area contributed by atoms with Gasteiger partial charge in [0.1, 0.15) is 0 Å². The molecule has 0 aromatic carbocycles. The van der Waals surface area contributed by atoms with Crippen LogP contribution in [0.1, 0.15) is 59.8 Å². The van der Waals surface area contributed by atoms with Gasteiger partial charge in [0.25, 0.3) is 0 Å². The number of rotatable bonds is 0.